The molecule has 1 saturated heterocycles. The summed E-state index contributed by atoms with van der Waals surface area (Å²) >= 11 is 0. The van der Waals surface area contributed by atoms with Crippen LogP contribution in [0.1, 0.15) is 5.56 Å². The number of benzene rings is 2. The summed E-state index contributed by atoms with van der Waals surface area (Å²) in [6, 6.07) is 15.5. The minimum Gasteiger partial charge on any atom is -0.382 e. The number of nitrogens with two attached hydrogens (primary N) is 1. The second kappa shape index (κ2) is 8.02. The van der Waals surface area contributed by atoms with Gasteiger partial charge in [0.2, 0.25) is 10.0 Å². The normalized spacial score (nSPS) is 15.1. The van der Waals surface area contributed by atoms with Crippen molar-refractivity contribution in [2.24, 2.45) is 0 Å². The highest BCUT2D eigenvalue weighted by Gasteiger charge is 2.23. The molecule has 31 heavy (non-hydrogen) atoms. The topological polar surface area (TPSA) is 108 Å². The molecule has 2 N–H and O–H groups in total. The van der Waals surface area contributed by atoms with Gasteiger partial charge < -0.3 is 10.6 Å². The minimum atomic E-state index is -3.17. The third kappa shape index (κ3) is 4.23. The molecule has 1 aromatic heterocycles. The number of hydrogen-bond acceptors (Lipinski definition) is 6. The van der Waals surface area contributed by atoms with Gasteiger partial charge in [-0.3, -0.25) is 0 Å². The standard InChI is InChI=1S/C21H21FN6O2S/c1-31(29,30)27-10-8-26(9-11-27)17-4-6-18(7-5-17)28-20(13-21(24)25-28)15-2-3-16(14-23)19(22)12-15/h2-7,12-13H,8-11H2,1H3,(H2,24,25). The van der Waals surface area contributed by atoms with Crippen LogP contribution in [0.2, 0.25) is 0 Å². The lowest BCUT2D eigenvalue weighted by Gasteiger charge is -2.34. The molecule has 160 valence electrons. The van der Waals surface area contributed by atoms with Crippen molar-refractivity contribution in [3.8, 4) is 23.0 Å². The van der Waals surface area contributed by atoms with Crippen molar-refractivity contribution in [2.45, 2.75) is 0 Å². The molecule has 0 radical (unpaired) electrons. The van der Waals surface area contributed by atoms with E-state index in [0.717, 1.165) is 11.4 Å². The van der Waals surface area contributed by atoms with Crippen LogP contribution in [0, 0.1) is 17.1 Å². The van der Waals surface area contributed by atoms with Gasteiger partial charge in [-0.2, -0.15) is 14.7 Å². The Bertz CT molecular complexity index is 1260. The fourth-order valence-corrected chi connectivity index (χ4v) is 4.48. The molecule has 0 saturated carbocycles. The number of hydrogen-bond donors (Lipinski definition) is 1. The monoisotopic (exact) mass is 440 g/mol. The van der Waals surface area contributed by atoms with Crippen LogP contribution in [-0.4, -0.2) is 54.9 Å². The number of nitriles is 1. The molecule has 0 spiro atoms. The van der Waals surface area contributed by atoms with Gasteiger partial charge in [-0.05, 0) is 36.4 Å². The van der Waals surface area contributed by atoms with Crippen molar-refractivity contribution in [1.82, 2.24) is 14.1 Å². The number of rotatable bonds is 4. The molecule has 0 aliphatic carbocycles. The van der Waals surface area contributed by atoms with E-state index in [2.05, 4.69) is 10.00 Å². The summed E-state index contributed by atoms with van der Waals surface area (Å²) in [7, 11) is -3.17. The molecule has 0 atom stereocenters. The summed E-state index contributed by atoms with van der Waals surface area (Å²) in [4.78, 5) is 2.12. The van der Waals surface area contributed by atoms with E-state index >= 15 is 0 Å². The lowest BCUT2D eigenvalue weighted by atomic mass is 10.1. The van der Waals surface area contributed by atoms with Crippen LogP contribution in [0.15, 0.2) is 48.5 Å². The fourth-order valence-electron chi connectivity index (χ4n) is 3.65. The molecule has 0 bridgehead atoms. The van der Waals surface area contributed by atoms with Crippen molar-refractivity contribution >= 4 is 21.5 Å². The Kier molecular flexibility index (Phi) is 5.39. The number of halogens is 1. The predicted octanol–water partition coefficient (Wildman–Crippen LogP) is 2.21. The van der Waals surface area contributed by atoms with Crippen molar-refractivity contribution in [1.29, 1.82) is 5.26 Å². The van der Waals surface area contributed by atoms with Crippen LogP contribution >= 0.6 is 0 Å². The zero-order valence-electron chi connectivity index (χ0n) is 16.9. The summed E-state index contributed by atoms with van der Waals surface area (Å²) in [5, 5.41) is 13.3. The second-order valence-electron chi connectivity index (χ2n) is 7.34. The molecule has 3 aromatic rings. The van der Waals surface area contributed by atoms with E-state index in [4.69, 9.17) is 11.0 Å². The highest BCUT2D eigenvalue weighted by atomic mass is 32.2. The maximum absolute atomic E-state index is 14.1. The number of nitrogen functional groups attached to an aromatic ring is 1. The second-order valence-corrected chi connectivity index (χ2v) is 9.32. The smallest absolute Gasteiger partial charge is 0.211 e. The van der Waals surface area contributed by atoms with Crippen molar-refractivity contribution < 1.29 is 12.8 Å². The van der Waals surface area contributed by atoms with Crippen LogP contribution in [0.25, 0.3) is 16.9 Å². The van der Waals surface area contributed by atoms with Crippen LogP contribution in [0.5, 0.6) is 0 Å². The van der Waals surface area contributed by atoms with Gasteiger partial charge in [0.05, 0.1) is 23.2 Å². The predicted molar refractivity (Wildman–Crippen MR) is 117 cm³/mol. The van der Waals surface area contributed by atoms with Gasteiger partial charge in [0.15, 0.2) is 0 Å². The molecule has 10 heteroatoms. The molecule has 2 heterocycles. The zero-order chi connectivity index (χ0) is 22.2. The average Bonchev–Trinajstić information content (AvgIpc) is 3.15. The van der Waals surface area contributed by atoms with Gasteiger partial charge in [0, 0.05) is 43.5 Å². The third-order valence-corrected chi connectivity index (χ3v) is 6.58. The molecule has 0 unspecified atom stereocenters. The first kappa shape index (κ1) is 20.8. The molecule has 0 amide bonds. The van der Waals surface area contributed by atoms with E-state index in [-0.39, 0.29) is 5.56 Å². The Morgan fingerprint density at radius 1 is 1.03 bits per heavy atom. The molecule has 1 aliphatic rings. The van der Waals surface area contributed by atoms with E-state index in [1.54, 1.807) is 16.8 Å². The van der Waals surface area contributed by atoms with E-state index in [9.17, 15) is 12.8 Å². The van der Waals surface area contributed by atoms with E-state index in [0.29, 0.717) is 43.3 Å². The van der Waals surface area contributed by atoms with Gasteiger partial charge in [-0.15, -0.1) is 0 Å². The highest BCUT2D eigenvalue weighted by Crippen LogP contribution is 2.28. The van der Waals surface area contributed by atoms with Gasteiger partial charge in [-0.25, -0.2) is 17.5 Å². The lowest BCUT2D eigenvalue weighted by Crippen LogP contribution is -2.48. The molecule has 2 aromatic carbocycles. The first-order chi connectivity index (χ1) is 14.8. The zero-order valence-corrected chi connectivity index (χ0v) is 17.7. The van der Waals surface area contributed by atoms with Crippen LogP contribution in [-0.2, 0) is 10.0 Å². The largest absolute Gasteiger partial charge is 0.382 e. The maximum atomic E-state index is 14.1. The molecule has 1 fully saturated rings. The Hall–Kier alpha value is -3.42. The Labute approximate surface area is 180 Å². The molecular weight excluding hydrogens is 419 g/mol. The highest BCUT2D eigenvalue weighted by molar-refractivity contribution is 7.88. The Balaban J connectivity index is 1.58. The Morgan fingerprint density at radius 3 is 2.26 bits per heavy atom. The number of aromatic nitrogens is 2. The van der Waals surface area contributed by atoms with Crippen LogP contribution in [0.4, 0.5) is 15.9 Å². The summed E-state index contributed by atoms with van der Waals surface area (Å²) in [6.07, 6.45) is 1.23. The third-order valence-electron chi connectivity index (χ3n) is 5.28. The van der Waals surface area contributed by atoms with Gasteiger partial charge in [0.25, 0.3) is 0 Å². The van der Waals surface area contributed by atoms with Crippen molar-refractivity contribution in [3.05, 3.63) is 59.9 Å². The number of piperazine rings is 1. The van der Waals surface area contributed by atoms with E-state index in [1.165, 1.54) is 22.7 Å². The van der Waals surface area contributed by atoms with Crippen molar-refractivity contribution in [2.75, 3.05) is 43.1 Å². The van der Waals surface area contributed by atoms with Crippen LogP contribution in [0.3, 0.4) is 0 Å². The minimum absolute atomic E-state index is 0.0249. The van der Waals surface area contributed by atoms with Crippen molar-refractivity contribution in [3.63, 3.8) is 0 Å². The fraction of sp³-hybridized carbons (Fsp3) is 0.238. The molecule has 8 nitrogen and oxygen atoms in total. The van der Waals surface area contributed by atoms with E-state index in [1.807, 2.05) is 30.3 Å². The first-order valence-corrected chi connectivity index (χ1v) is 11.5. The average molecular weight is 441 g/mol. The summed E-state index contributed by atoms with van der Waals surface area (Å²) in [6.45, 7) is 2.11. The van der Waals surface area contributed by atoms with Gasteiger partial charge >= 0.3 is 0 Å². The first-order valence-electron chi connectivity index (χ1n) is 9.62. The lowest BCUT2D eigenvalue weighted by molar-refractivity contribution is 0.388. The Morgan fingerprint density at radius 2 is 1.68 bits per heavy atom. The van der Waals surface area contributed by atoms with E-state index < -0.39 is 15.8 Å². The maximum Gasteiger partial charge on any atom is 0.211 e. The summed E-state index contributed by atoms with van der Waals surface area (Å²) < 4.78 is 40.6. The number of sulfonamides is 1. The van der Waals surface area contributed by atoms with Crippen LogP contribution < -0.4 is 10.6 Å². The van der Waals surface area contributed by atoms with Gasteiger partial charge in [-0.1, -0.05) is 6.07 Å². The number of anilines is 2. The molecule has 1 aliphatic heterocycles. The summed E-state index contributed by atoms with van der Waals surface area (Å²) in [5.41, 5.74) is 8.76. The quantitative estimate of drug-likeness (QED) is 0.666. The molecular formula is C21H21FN6O2S. The summed E-state index contributed by atoms with van der Waals surface area (Å²) in [5.74, 6) is -0.310. The van der Waals surface area contributed by atoms with Gasteiger partial charge in [0.1, 0.15) is 17.7 Å². The molecule has 4 rings (SSSR count). The SMILES string of the molecule is CS(=O)(=O)N1CCN(c2ccc(-n3nc(N)cc3-c3ccc(C#N)c(F)c3)cc2)CC1. The number of nitrogens with zero attached hydrogens (tertiary/aromatic N) is 5.